The Balaban J connectivity index is 4.64. The predicted molar refractivity (Wildman–Crippen MR) is 67.4 cm³/mol. The summed E-state index contributed by atoms with van der Waals surface area (Å²) in [5, 5.41) is 2.61. The lowest BCUT2D eigenvalue weighted by molar-refractivity contribution is -0.143. The van der Waals surface area contributed by atoms with Crippen molar-refractivity contribution in [1.29, 1.82) is 0 Å². The first-order valence-corrected chi connectivity index (χ1v) is 5.88. The van der Waals surface area contributed by atoms with E-state index < -0.39 is 11.4 Å². The van der Waals surface area contributed by atoms with Gasteiger partial charge in [-0.15, -0.1) is 6.58 Å². The first-order chi connectivity index (χ1) is 7.92. The molecule has 0 saturated heterocycles. The fraction of sp³-hybridized carbons (Fsp3) is 0.692. The lowest BCUT2D eigenvalue weighted by Crippen LogP contribution is -2.44. The van der Waals surface area contributed by atoms with E-state index in [0.717, 1.165) is 6.42 Å². The highest BCUT2D eigenvalue weighted by molar-refractivity contribution is 5.86. The number of hydrogen-bond donors (Lipinski definition) is 1. The van der Waals surface area contributed by atoms with Crippen molar-refractivity contribution in [2.75, 3.05) is 13.7 Å². The van der Waals surface area contributed by atoms with Crippen molar-refractivity contribution < 1.29 is 14.3 Å². The van der Waals surface area contributed by atoms with E-state index in [1.807, 2.05) is 20.8 Å². The Morgan fingerprint density at radius 3 is 2.53 bits per heavy atom. The van der Waals surface area contributed by atoms with Gasteiger partial charge in [-0.3, -0.25) is 9.59 Å². The number of carbonyl (C=O) groups excluding carboxylic acids is 2. The summed E-state index contributed by atoms with van der Waals surface area (Å²) in [6.07, 6.45) is 3.23. The van der Waals surface area contributed by atoms with E-state index in [4.69, 9.17) is 0 Å². The Bertz CT molecular complexity index is 288. The first kappa shape index (κ1) is 15.7. The molecule has 0 aromatic carbocycles. The molecule has 0 heterocycles. The van der Waals surface area contributed by atoms with E-state index in [1.54, 1.807) is 6.08 Å². The molecule has 1 amide bonds. The van der Waals surface area contributed by atoms with Crippen molar-refractivity contribution in [1.82, 2.24) is 5.32 Å². The van der Waals surface area contributed by atoms with Crippen LogP contribution in [0, 0.1) is 11.3 Å². The van der Waals surface area contributed by atoms with Crippen LogP contribution in [0.1, 0.15) is 33.6 Å². The Labute approximate surface area is 103 Å². The molecule has 4 nitrogen and oxygen atoms in total. The molecule has 17 heavy (non-hydrogen) atoms. The average Bonchev–Trinajstić information content (AvgIpc) is 2.34. The summed E-state index contributed by atoms with van der Waals surface area (Å²) < 4.78 is 4.49. The molecule has 0 aliphatic carbocycles. The number of ether oxygens (including phenoxy) is 1. The van der Waals surface area contributed by atoms with Crippen LogP contribution in [0.2, 0.25) is 0 Å². The minimum Gasteiger partial charge on any atom is -0.468 e. The number of esters is 1. The van der Waals surface area contributed by atoms with Crippen molar-refractivity contribution in [3.05, 3.63) is 12.7 Å². The first-order valence-electron chi connectivity index (χ1n) is 5.88. The molecule has 0 spiro atoms. The van der Waals surface area contributed by atoms with E-state index in [0.29, 0.717) is 6.42 Å². The maximum atomic E-state index is 12.1. The van der Waals surface area contributed by atoms with E-state index >= 15 is 0 Å². The van der Waals surface area contributed by atoms with Crippen molar-refractivity contribution in [3.8, 4) is 0 Å². The largest absolute Gasteiger partial charge is 0.468 e. The summed E-state index contributed by atoms with van der Waals surface area (Å²) in [6.45, 7) is 9.57. The third kappa shape index (κ3) is 4.21. The molecule has 2 atom stereocenters. The summed E-state index contributed by atoms with van der Waals surface area (Å²) in [6, 6.07) is 0. The van der Waals surface area contributed by atoms with Gasteiger partial charge in [-0.1, -0.05) is 33.3 Å². The summed E-state index contributed by atoms with van der Waals surface area (Å²) >= 11 is 0. The lowest BCUT2D eigenvalue weighted by atomic mass is 9.73. The highest BCUT2D eigenvalue weighted by Gasteiger charge is 2.36. The number of nitrogens with one attached hydrogen (secondary N) is 1. The van der Waals surface area contributed by atoms with Crippen molar-refractivity contribution >= 4 is 11.9 Å². The van der Waals surface area contributed by atoms with Gasteiger partial charge in [0.25, 0.3) is 0 Å². The minimum atomic E-state index is -0.523. The third-order valence-electron chi connectivity index (χ3n) is 3.41. The molecular formula is C13H23NO3. The van der Waals surface area contributed by atoms with E-state index in [2.05, 4.69) is 16.6 Å². The van der Waals surface area contributed by atoms with E-state index in [-0.39, 0.29) is 18.4 Å². The molecule has 0 unspecified atom stereocenters. The second-order valence-corrected chi connectivity index (χ2v) is 4.48. The van der Waals surface area contributed by atoms with Gasteiger partial charge < -0.3 is 10.1 Å². The molecule has 0 aromatic heterocycles. The summed E-state index contributed by atoms with van der Waals surface area (Å²) in [4.78, 5) is 23.1. The maximum absolute atomic E-state index is 12.1. The molecule has 0 fully saturated rings. The smallest absolute Gasteiger partial charge is 0.325 e. The van der Waals surface area contributed by atoms with Crippen LogP contribution in [-0.4, -0.2) is 25.5 Å². The zero-order valence-corrected chi connectivity index (χ0v) is 11.2. The summed E-state index contributed by atoms with van der Waals surface area (Å²) in [5.74, 6) is -0.348. The number of allylic oxidation sites excluding steroid dienone is 1. The van der Waals surface area contributed by atoms with Crippen LogP contribution in [0.25, 0.3) is 0 Å². The zero-order chi connectivity index (χ0) is 13.5. The van der Waals surface area contributed by atoms with Crippen LogP contribution in [-0.2, 0) is 14.3 Å². The molecule has 0 aliphatic rings. The van der Waals surface area contributed by atoms with Gasteiger partial charge in [-0.05, 0) is 12.3 Å². The Kier molecular flexibility index (Phi) is 6.54. The van der Waals surface area contributed by atoms with Crippen molar-refractivity contribution in [3.63, 3.8) is 0 Å². The number of carbonyl (C=O) groups is 2. The molecule has 98 valence electrons. The molecule has 0 bridgehead atoms. The van der Waals surface area contributed by atoms with Crippen LogP contribution in [0.3, 0.4) is 0 Å². The molecule has 0 saturated carbocycles. The van der Waals surface area contributed by atoms with Crippen molar-refractivity contribution in [2.24, 2.45) is 11.3 Å². The Morgan fingerprint density at radius 1 is 1.53 bits per heavy atom. The monoisotopic (exact) mass is 241 g/mol. The van der Waals surface area contributed by atoms with Crippen LogP contribution >= 0.6 is 0 Å². The SMILES string of the molecule is C=CC[C@@](C)(C(=O)NCC(=O)OC)[C@H](C)CC. The summed E-state index contributed by atoms with van der Waals surface area (Å²) in [5.41, 5.74) is -0.523. The molecule has 1 N–H and O–H groups in total. The topological polar surface area (TPSA) is 55.4 Å². The number of amides is 1. The van der Waals surface area contributed by atoms with Gasteiger partial charge in [0.2, 0.25) is 5.91 Å². The van der Waals surface area contributed by atoms with Crippen LogP contribution in [0.5, 0.6) is 0 Å². The molecule has 0 rings (SSSR count). The quantitative estimate of drug-likeness (QED) is 0.547. The predicted octanol–water partition coefficient (Wildman–Crippen LogP) is 1.90. The van der Waals surface area contributed by atoms with Crippen LogP contribution in [0.4, 0.5) is 0 Å². The molecule has 0 aromatic rings. The van der Waals surface area contributed by atoms with Gasteiger partial charge in [0.05, 0.1) is 12.5 Å². The van der Waals surface area contributed by atoms with Gasteiger partial charge >= 0.3 is 5.97 Å². The molecule has 0 radical (unpaired) electrons. The molecule has 4 heteroatoms. The summed E-state index contributed by atoms with van der Waals surface area (Å²) in [7, 11) is 1.30. The van der Waals surface area contributed by atoms with E-state index in [9.17, 15) is 9.59 Å². The van der Waals surface area contributed by atoms with Gasteiger partial charge in [0.1, 0.15) is 6.54 Å². The third-order valence-corrected chi connectivity index (χ3v) is 3.41. The number of hydrogen-bond acceptors (Lipinski definition) is 3. The normalized spacial score (nSPS) is 15.5. The molecule has 0 aliphatic heterocycles. The van der Waals surface area contributed by atoms with E-state index in [1.165, 1.54) is 7.11 Å². The number of rotatable bonds is 7. The Morgan fingerprint density at radius 2 is 2.12 bits per heavy atom. The number of methoxy groups -OCH3 is 1. The van der Waals surface area contributed by atoms with Gasteiger partial charge in [0.15, 0.2) is 0 Å². The fourth-order valence-corrected chi connectivity index (χ4v) is 1.69. The maximum Gasteiger partial charge on any atom is 0.325 e. The minimum absolute atomic E-state index is 0.0848. The van der Waals surface area contributed by atoms with Crippen molar-refractivity contribution in [2.45, 2.75) is 33.6 Å². The Hall–Kier alpha value is -1.32. The van der Waals surface area contributed by atoms with Crippen LogP contribution in [0.15, 0.2) is 12.7 Å². The zero-order valence-electron chi connectivity index (χ0n) is 11.2. The highest BCUT2D eigenvalue weighted by Crippen LogP contribution is 2.33. The van der Waals surface area contributed by atoms with Gasteiger partial charge in [-0.25, -0.2) is 0 Å². The van der Waals surface area contributed by atoms with Gasteiger partial charge in [0, 0.05) is 0 Å². The lowest BCUT2D eigenvalue weighted by Gasteiger charge is -2.32. The standard InChI is InChI=1S/C13H23NO3/c1-6-8-13(4,10(3)7-2)12(16)14-9-11(15)17-5/h6,10H,1,7-9H2,2-5H3,(H,14,16)/t10-,13-/m1/s1. The highest BCUT2D eigenvalue weighted by atomic mass is 16.5. The second-order valence-electron chi connectivity index (χ2n) is 4.48. The second kappa shape index (κ2) is 7.09. The fourth-order valence-electron chi connectivity index (χ4n) is 1.69. The molecular weight excluding hydrogens is 218 g/mol. The van der Waals surface area contributed by atoms with Crippen LogP contribution < -0.4 is 5.32 Å². The van der Waals surface area contributed by atoms with Gasteiger partial charge in [-0.2, -0.15) is 0 Å². The average molecular weight is 241 g/mol.